The van der Waals surface area contributed by atoms with Gasteiger partial charge in [-0.05, 0) is 17.9 Å². The summed E-state index contributed by atoms with van der Waals surface area (Å²) in [6.45, 7) is 0.803. The molecule has 150 valence electrons. The van der Waals surface area contributed by atoms with Crippen molar-refractivity contribution in [3.05, 3.63) is 80.4 Å². The molecule has 8 heteroatoms. The molecule has 7 nitrogen and oxygen atoms in total. The molecule has 0 radical (unpaired) electrons. The Morgan fingerprint density at radius 2 is 1.86 bits per heavy atom. The van der Waals surface area contributed by atoms with Crippen molar-refractivity contribution in [1.29, 1.82) is 0 Å². The third kappa shape index (κ3) is 3.60. The van der Waals surface area contributed by atoms with Gasteiger partial charge in [-0.1, -0.05) is 36.4 Å². The number of aromatic nitrogens is 2. The fourth-order valence-electron chi connectivity index (χ4n) is 3.85. The summed E-state index contributed by atoms with van der Waals surface area (Å²) in [6.07, 6.45) is 1.43. The van der Waals surface area contributed by atoms with Crippen LogP contribution in [-0.4, -0.2) is 35.0 Å². The van der Waals surface area contributed by atoms with E-state index in [4.69, 9.17) is 14.2 Å². The summed E-state index contributed by atoms with van der Waals surface area (Å²) in [4.78, 5) is 28.0. The molecule has 0 saturated carbocycles. The summed E-state index contributed by atoms with van der Waals surface area (Å²) >= 11 is 1.46. The predicted molar refractivity (Wildman–Crippen MR) is 108 cm³/mol. The summed E-state index contributed by atoms with van der Waals surface area (Å²) in [5.41, 5.74) is 0.620. The van der Waals surface area contributed by atoms with Gasteiger partial charge in [0.25, 0.3) is 5.56 Å². The van der Waals surface area contributed by atoms with E-state index < -0.39 is 12.0 Å². The highest BCUT2D eigenvalue weighted by molar-refractivity contribution is 7.13. The van der Waals surface area contributed by atoms with Crippen molar-refractivity contribution in [3.63, 3.8) is 0 Å². The zero-order valence-electron chi connectivity index (χ0n) is 15.5. The van der Waals surface area contributed by atoms with Gasteiger partial charge in [-0.25, -0.2) is 4.79 Å². The molecule has 29 heavy (non-hydrogen) atoms. The average molecular weight is 412 g/mol. The van der Waals surface area contributed by atoms with Crippen molar-refractivity contribution >= 4 is 11.3 Å². The van der Waals surface area contributed by atoms with Crippen molar-refractivity contribution < 1.29 is 14.2 Å². The zero-order chi connectivity index (χ0) is 19.8. The van der Waals surface area contributed by atoms with E-state index in [1.165, 1.54) is 11.3 Å². The van der Waals surface area contributed by atoms with Crippen molar-refractivity contribution in [1.82, 2.24) is 9.55 Å². The Bertz CT molecular complexity index is 1090. The van der Waals surface area contributed by atoms with Crippen LogP contribution in [0.5, 0.6) is 0 Å². The maximum Gasteiger partial charge on any atom is 0.328 e. The van der Waals surface area contributed by atoms with E-state index in [-0.39, 0.29) is 23.8 Å². The molecule has 2 fully saturated rings. The Hall–Kier alpha value is -2.52. The Kier molecular flexibility index (Phi) is 4.92. The van der Waals surface area contributed by atoms with Crippen LogP contribution in [0, 0.1) is 0 Å². The van der Waals surface area contributed by atoms with Crippen LogP contribution in [-0.2, 0) is 14.2 Å². The lowest BCUT2D eigenvalue weighted by atomic mass is 10.00. The van der Waals surface area contributed by atoms with Gasteiger partial charge in [-0.15, -0.1) is 11.3 Å². The van der Waals surface area contributed by atoms with Crippen LogP contribution in [0.2, 0.25) is 0 Å². The first-order valence-electron chi connectivity index (χ1n) is 9.52. The van der Waals surface area contributed by atoms with Crippen LogP contribution in [0.3, 0.4) is 0 Å². The molecular weight excluding hydrogens is 392 g/mol. The number of ether oxygens (including phenoxy) is 3. The molecular formula is C21H20N2O5S. The van der Waals surface area contributed by atoms with Gasteiger partial charge in [-0.3, -0.25) is 14.3 Å². The Morgan fingerprint density at radius 1 is 1.00 bits per heavy atom. The van der Waals surface area contributed by atoms with Crippen LogP contribution in [0.15, 0.2) is 63.6 Å². The van der Waals surface area contributed by atoms with Crippen LogP contribution < -0.4 is 11.2 Å². The minimum atomic E-state index is -0.450. The third-order valence-electron chi connectivity index (χ3n) is 5.35. The van der Waals surface area contributed by atoms with Crippen LogP contribution >= 0.6 is 11.3 Å². The van der Waals surface area contributed by atoms with Gasteiger partial charge >= 0.3 is 5.69 Å². The van der Waals surface area contributed by atoms with E-state index in [9.17, 15) is 9.59 Å². The first-order chi connectivity index (χ1) is 14.2. The molecule has 5 rings (SSSR count). The number of hydrogen-bond donors (Lipinski definition) is 1. The summed E-state index contributed by atoms with van der Waals surface area (Å²) in [7, 11) is 0. The number of hydrogen-bond acceptors (Lipinski definition) is 6. The largest absolute Gasteiger partial charge is 0.371 e. The fourth-order valence-corrected chi connectivity index (χ4v) is 4.58. The molecule has 2 saturated heterocycles. The highest BCUT2D eigenvalue weighted by Gasteiger charge is 2.39. The van der Waals surface area contributed by atoms with Crippen molar-refractivity contribution in [2.75, 3.05) is 13.2 Å². The van der Waals surface area contributed by atoms with E-state index in [0.29, 0.717) is 25.2 Å². The first-order valence-corrected chi connectivity index (χ1v) is 10.4. The second-order valence-electron chi connectivity index (χ2n) is 7.20. The lowest BCUT2D eigenvalue weighted by molar-refractivity contribution is -0.282. The number of thiophene rings is 1. The number of benzene rings is 1. The van der Waals surface area contributed by atoms with Crippen molar-refractivity contribution in [2.45, 2.75) is 31.0 Å². The molecule has 4 atom stereocenters. The molecule has 3 aromatic rings. The highest BCUT2D eigenvalue weighted by atomic mass is 32.1. The molecule has 0 amide bonds. The molecule has 4 heterocycles. The second kappa shape index (κ2) is 7.72. The normalized spacial score (nSPS) is 26.8. The molecule has 0 aliphatic carbocycles. The Morgan fingerprint density at radius 3 is 2.66 bits per heavy atom. The fraction of sp³-hybridized carbons (Fsp3) is 0.333. The topological polar surface area (TPSA) is 82.6 Å². The number of H-pyrrole nitrogens is 1. The van der Waals surface area contributed by atoms with Gasteiger partial charge in [0.05, 0.1) is 30.9 Å². The van der Waals surface area contributed by atoms with Gasteiger partial charge in [0, 0.05) is 16.6 Å². The molecule has 1 aromatic carbocycles. The zero-order valence-corrected chi connectivity index (χ0v) is 16.3. The smallest absolute Gasteiger partial charge is 0.328 e. The maximum atomic E-state index is 12.5. The number of nitrogens with zero attached hydrogens (tertiary/aromatic N) is 1. The van der Waals surface area contributed by atoms with Gasteiger partial charge in [0.2, 0.25) is 0 Å². The molecule has 1 N–H and O–H groups in total. The van der Waals surface area contributed by atoms with E-state index >= 15 is 0 Å². The minimum absolute atomic E-state index is 0.165. The van der Waals surface area contributed by atoms with Gasteiger partial charge in [0.15, 0.2) is 6.29 Å². The monoisotopic (exact) mass is 412 g/mol. The molecule has 2 aliphatic heterocycles. The second-order valence-corrected chi connectivity index (χ2v) is 8.15. The molecule has 0 spiro atoms. The van der Waals surface area contributed by atoms with Crippen LogP contribution in [0.1, 0.15) is 24.3 Å². The van der Waals surface area contributed by atoms with Crippen LogP contribution in [0.4, 0.5) is 0 Å². The molecule has 0 bridgehead atoms. The maximum absolute atomic E-state index is 12.5. The number of fused-ring (bicyclic) bond motifs is 1. The Labute approximate surface area is 170 Å². The van der Waals surface area contributed by atoms with Gasteiger partial charge in [-0.2, -0.15) is 0 Å². The summed E-state index contributed by atoms with van der Waals surface area (Å²) in [5, 5.41) is 1.90. The van der Waals surface area contributed by atoms with E-state index in [1.807, 2.05) is 47.8 Å². The minimum Gasteiger partial charge on any atom is -0.371 e. The third-order valence-corrected chi connectivity index (χ3v) is 6.25. The first kappa shape index (κ1) is 18.5. The predicted octanol–water partition coefficient (Wildman–Crippen LogP) is 2.71. The molecule has 2 aliphatic rings. The van der Waals surface area contributed by atoms with E-state index in [0.717, 1.165) is 10.4 Å². The van der Waals surface area contributed by atoms with Crippen LogP contribution in [0.25, 0.3) is 10.4 Å². The number of aromatic amines is 1. The quantitative estimate of drug-likeness (QED) is 0.715. The Balaban J connectivity index is 1.40. The molecule has 2 aromatic heterocycles. The summed E-state index contributed by atoms with van der Waals surface area (Å²) in [6, 6.07) is 13.3. The lowest BCUT2D eigenvalue weighted by Crippen LogP contribution is -2.49. The SMILES string of the molecule is O=c1[nH]c(=O)n([C@@H]2CO[C@@H]3CO[C@@H](c4ccccc4)O[C@H]3C2)cc1-c1cccs1. The highest BCUT2D eigenvalue weighted by Crippen LogP contribution is 2.34. The average Bonchev–Trinajstić information content (AvgIpc) is 3.28. The van der Waals surface area contributed by atoms with Crippen molar-refractivity contribution in [2.24, 2.45) is 0 Å². The van der Waals surface area contributed by atoms with Crippen molar-refractivity contribution in [3.8, 4) is 10.4 Å². The van der Waals surface area contributed by atoms with E-state index in [2.05, 4.69) is 4.98 Å². The lowest BCUT2D eigenvalue weighted by Gasteiger charge is -2.42. The number of rotatable bonds is 3. The number of nitrogens with one attached hydrogen (secondary N) is 1. The summed E-state index contributed by atoms with van der Waals surface area (Å²) in [5.74, 6) is 0. The van der Waals surface area contributed by atoms with Gasteiger partial charge < -0.3 is 14.2 Å². The summed E-state index contributed by atoms with van der Waals surface area (Å²) < 4.78 is 19.5. The standard InChI is InChI=1S/C21H20N2O5S/c24-19-15(18-7-4-8-29-18)10-23(21(25)22-19)14-9-16-17(26-11-14)12-27-20(28-16)13-5-2-1-3-6-13/h1-8,10,14,16-17,20H,9,11-12H2,(H,22,24,25)/t14-,16-,17+,20+/m0/s1. The van der Waals surface area contributed by atoms with E-state index in [1.54, 1.807) is 10.8 Å². The van der Waals surface area contributed by atoms with Gasteiger partial charge in [0.1, 0.15) is 6.10 Å². The molecule has 0 unspecified atom stereocenters.